The van der Waals surface area contributed by atoms with E-state index < -0.39 is 10.0 Å². The third-order valence-corrected chi connectivity index (χ3v) is 7.36. The highest BCUT2D eigenvalue weighted by atomic mass is 35.5. The molecule has 1 heterocycles. The predicted octanol–water partition coefficient (Wildman–Crippen LogP) is 2.58. The number of carbonyl (C=O) groups is 1. The third-order valence-electron chi connectivity index (χ3n) is 5.22. The van der Waals surface area contributed by atoms with Gasteiger partial charge in [0.05, 0.1) is 11.4 Å². The molecule has 1 aliphatic rings. The van der Waals surface area contributed by atoms with Crippen LogP contribution in [0.5, 0.6) is 0 Å². The molecule has 0 bridgehead atoms. The summed E-state index contributed by atoms with van der Waals surface area (Å²) in [6.45, 7) is 6.37. The maximum atomic E-state index is 12.9. The lowest BCUT2D eigenvalue weighted by Crippen LogP contribution is -2.51. The predicted molar refractivity (Wildman–Crippen MR) is 114 cm³/mol. The largest absolute Gasteiger partial charge is 0.351 e. The van der Waals surface area contributed by atoms with E-state index in [9.17, 15) is 13.2 Å². The summed E-state index contributed by atoms with van der Waals surface area (Å²) in [4.78, 5) is 14.5. The molecular weight excluding hydrogens is 410 g/mol. The maximum absolute atomic E-state index is 12.9. The van der Waals surface area contributed by atoms with E-state index >= 15 is 0 Å². The van der Waals surface area contributed by atoms with Crippen molar-refractivity contribution in [3.05, 3.63) is 64.2 Å². The molecule has 29 heavy (non-hydrogen) atoms. The standard InChI is InChI=1S/C21H26ClN3O3S/c1-16-3-8-20(13-17(16)2)29(27,28)25-11-9-24(10-12-25)15-21(26)23-14-18-4-6-19(22)7-5-18/h3-8,13H,9-12,14-15H2,1-2H3,(H,23,26). The van der Waals surface area contributed by atoms with Gasteiger partial charge in [-0.3, -0.25) is 9.69 Å². The third kappa shape index (κ3) is 5.57. The minimum Gasteiger partial charge on any atom is -0.351 e. The van der Waals surface area contributed by atoms with E-state index in [1.165, 1.54) is 4.31 Å². The molecule has 156 valence electrons. The number of nitrogens with one attached hydrogen (secondary N) is 1. The first-order valence-corrected chi connectivity index (χ1v) is 11.4. The molecular formula is C21H26ClN3O3S. The number of piperazine rings is 1. The summed E-state index contributed by atoms with van der Waals surface area (Å²) in [5.41, 5.74) is 3.01. The fourth-order valence-corrected chi connectivity index (χ4v) is 4.85. The van der Waals surface area contributed by atoms with Gasteiger partial charge in [0.15, 0.2) is 0 Å². The second kappa shape index (κ2) is 9.26. The second-order valence-electron chi connectivity index (χ2n) is 7.33. The topological polar surface area (TPSA) is 69.7 Å². The van der Waals surface area contributed by atoms with Gasteiger partial charge in [-0.15, -0.1) is 0 Å². The quantitative estimate of drug-likeness (QED) is 0.757. The molecule has 0 radical (unpaired) electrons. The van der Waals surface area contributed by atoms with Gasteiger partial charge in [0.2, 0.25) is 15.9 Å². The van der Waals surface area contributed by atoms with Crippen molar-refractivity contribution in [1.29, 1.82) is 0 Å². The number of amides is 1. The Hall–Kier alpha value is -1.93. The number of hydrogen-bond acceptors (Lipinski definition) is 4. The van der Waals surface area contributed by atoms with Crippen molar-refractivity contribution in [2.45, 2.75) is 25.3 Å². The van der Waals surface area contributed by atoms with Crippen molar-refractivity contribution in [3.63, 3.8) is 0 Å². The van der Waals surface area contributed by atoms with Gasteiger partial charge in [-0.1, -0.05) is 29.8 Å². The van der Waals surface area contributed by atoms with E-state index in [-0.39, 0.29) is 12.5 Å². The number of aryl methyl sites for hydroxylation is 2. The van der Waals surface area contributed by atoms with Gasteiger partial charge in [0.25, 0.3) is 0 Å². The number of benzene rings is 2. The fraction of sp³-hybridized carbons (Fsp3) is 0.381. The summed E-state index contributed by atoms with van der Waals surface area (Å²) in [5.74, 6) is -0.0783. The highest BCUT2D eigenvalue weighted by Gasteiger charge is 2.29. The molecule has 0 aliphatic carbocycles. The average molecular weight is 436 g/mol. The molecule has 1 fully saturated rings. The van der Waals surface area contributed by atoms with Crippen LogP contribution < -0.4 is 5.32 Å². The lowest BCUT2D eigenvalue weighted by atomic mass is 10.1. The van der Waals surface area contributed by atoms with Crippen LogP contribution in [0.15, 0.2) is 47.4 Å². The minimum absolute atomic E-state index is 0.0783. The molecule has 8 heteroatoms. The minimum atomic E-state index is -3.51. The SMILES string of the molecule is Cc1ccc(S(=O)(=O)N2CCN(CC(=O)NCc3ccc(Cl)cc3)CC2)cc1C. The van der Waals surface area contributed by atoms with Crippen LogP contribution in [-0.2, 0) is 21.4 Å². The fourth-order valence-electron chi connectivity index (χ4n) is 3.21. The highest BCUT2D eigenvalue weighted by molar-refractivity contribution is 7.89. The zero-order valence-electron chi connectivity index (χ0n) is 16.7. The Morgan fingerprint density at radius 2 is 1.66 bits per heavy atom. The Morgan fingerprint density at radius 1 is 1.00 bits per heavy atom. The summed E-state index contributed by atoms with van der Waals surface area (Å²) < 4.78 is 27.3. The molecule has 1 N–H and O–H groups in total. The van der Waals surface area contributed by atoms with Gasteiger partial charge in [-0.05, 0) is 54.8 Å². The lowest BCUT2D eigenvalue weighted by Gasteiger charge is -2.33. The van der Waals surface area contributed by atoms with Crippen LogP contribution in [0.3, 0.4) is 0 Å². The maximum Gasteiger partial charge on any atom is 0.243 e. The van der Waals surface area contributed by atoms with Crippen LogP contribution in [0, 0.1) is 13.8 Å². The van der Waals surface area contributed by atoms with Crippen LogP contribution in [0.25, 0.3) is 0 Å². The monoisotopic (exact) mass is 435 g/mol. The van der Waals surface area contributed by atoms with Crippen LogP contribution in [-0.4, -0.2) is 56.3 Å². The van der Waals surface area contributed by atoms with E-state index in [4.69, 9.17) is 11.6 Å². The first kappa shape index (κ1) is 21.8. The van der Waals surface area contributed by atoms with Crippen LogP contribution in [0.1, 0.15) is 16.7 Å². The lowest BCUT2D eigenvalue weighted by molar-refractivity contribution is -0.122. The molecule has 1 saturated heterocycles. The summed E-state index contributed by atoms with van der Waals surface area (Å²) in [5, 5.41) is 3.55. The van der Waals surface area contributed by atoms with Gasteiger partial charge in [0.1, 0.15) is 0 Å². The summed E-state index contributed by atoms with van der Waals surface area (Å²) in [7, 11) is -3.51. The Labute approximate surface area is 177 Å². The zero-order chi connectivity index (χ0) is 21.0. The molecule has 0 saturated carbocycles. The van der Waals surface area contributed by atoms with Gasteiger partial charge in [-0.25, -0.2) is 8.42 Å². The molecule has 2 aromatic carbocycles. The highest BCUT2D eigenvalue weighted by Crippen LogP contribution is 2.20. The number of halogens is 1. The Bertz CT molecular complexity index is 969. The first-order valence-electron chi connectivity index (χ1n) is 9.56. The molecule has 6 nitrogen and oxygen atoms in total. The molecule has 1 amide bonds. The first-order chi connectivity index (χ1) is 13.8. The number of carbonyl (C=O) groups excluding carboxylic acids is 1. The zero-order valence-corrected chi connectivity index (χ0v) is 18.3. The van der Waals surface area contributed by atoms with Crippen molar-refractivity contribution in [3.8, 4) is 0 Å². The Balaban J connectivity index is 1.50. The van der Waals surface area contributed by atoms with Gasteiger partial charge < -0.3 is 5.32 Å². The van der Waals surface area contributed by atoms with E-state index in [0.29, 0.717) is 42.6 Å². The molecule has 0 atom stereocenters. The number of sulfonamides is 1. The van der Waals surface area contributed by atoms with E-state index in [0.717, 1.165) is 16.7 Å². The van der Waals surface area contributed by atoms with E-state index in [1.54, 1.807) is 24.3 Å². The van der Waals surface area contributed by atoms with Crippen LogP contribution in [0.4, 0.5) is 0 Å². The van der Waals surface area contributed by atoms with Crippen molar-refractivity contribution in [2.24, 2.45) is 0 Å². The summed E-state index contributed by atoms with van der Waals surface area (Å²) >= 11 is 5.86. The molecule has 0 unspecified atom stereocenters. The van der Waals surface area contributed by atoms with Crippen molar-refractivity contribution in [1.82, 2.24) is 14.5 Å². The van der Waals surface area contributed by atoms with E-state index in [2.05, 4.69) is 5.32 Å². The van der Waals surface area contributed by atoms with E-state index in [1.807, 2.05) is 36.9 Å². The molecule has 3 rings (SSSR count). The molecule has 0 aromatic heterocycles. The average Bonchev–Trinajstić information content (AvgIpc) is 2.70. The Kier molecular flexibility index (Phi) is 6.95. The van der Waals surface area contributed by atoms with Crippen LogP contribution in [0.2, 0.25) is 5.02 Å². The summed E-state index contributed by atoms with van der Waals surface area (Å²) in [6, 6.07) is 12.5. The number of hydrogen-bond donors (Lipinski definition) is 1. The summed E-state index contributed by atoms with van der Waals surface area (Å²) in [6.07, 6.45) is 0. The molecule has 0 spiro atoms. The van der Waals surface area contributed by atoms with Crippen molar-refractivity contribution in [2.75, 3.05) is 32.7 Å². The number of rotatable bonds is 6. The van der Waals surface area contributed by atoms with Crippen molar-refractivity contribution < 1.29 is 13.2 Å². The molecule has 2 aromatic rings. The smallest absolute Gasteiger partial charge is 0.243 e. The second-order valence-corrected chi connectivity index (χ2v) is 9.70. The number of nitrogens with zero attached hydrogens (tertiary/aromatic N) is 2. The van der Waals surface area contributed by atoms with Gasteiger partial charge in [0, 0.05) is 37.7 Å². The normalized spacial score (nSPS) is 16.0. The van der Waals surface area contributed by atoms with Gasteiger partial charge in [-0.2, -0.15) is 4.31 Å². The van der Waals surface area contributed by atoms with Crippen LogP contribution >= 0.6 is 11.6 Å². The Morgan fingerprint density at radius 3 is 2.28 bits per heavy atom. The van der Waals surface area contributed by atoms with Gasteiger partial charge >= 0.3 is 0 Å². The molecule has 1 aliphatic heterocycles. The van der Waals surface area contributed by atoms with Crippen molar-refractivity contribution >= 4 is 27.5 Å².